The van der Waals surface area contributed by atoms with E-state index < -0.39 is 0 Å². The van der Waals surface area contributed by atoms with Gasteiger partial charge in [0.2, 0.25) is 5.95 Å². The number of aromatic nitrogens is 2. The van der Waals surface area contributed by atoms with Gasteiger partial charge in [0.05, 0.1) is 18.0 Å². The van der Waals surface area contributed by atoms with Crippen molar-refractivity contribution in [3.63, 3.8) is 0 Å². The van der Waals surface area contributed by atoms with Crippen molar-refractivity contribution in [1.82, 2.24) is 9.97 Å². The highest BCUT2D eigenvalue weighted by molar-refractivity contribution is 5.96. The van der Waals surface area contributed by atoms with Crippen LogP contribution < -0.4 is 5.32 Å². The van der Waals surface area contributed by atoms with E-state index in [-0.39, 0.29) is 11.9 Å². The summed E-state index contributed by atoms with van der Waals surface area (Å²) in [6, 6.07) is 24.4. The molecule has 0 spiro atoms. The quantitative estimate of drug-likeness (QED) is 0.346. The van der Waals surface area contributed by atoms with Crippen molar-refractivity contribution in [2.45, 2.75) is 13.0 Å². The molecule has 0 radical (unpaired) electrons. The molecule has 5 rings (SSSR count). The lowest BCUT2D eigenvalue weighted by atomic mass is 10.0. The minimum atomic E-state index is -0.269. The Balaban J connectivity index is 1.57. The third kappa shape index (κ3) is 3.78. The molecule has 4 nitrogen and oxygen atoms in total. The van der Waals surface area contributed by atoms with Gasteiger partial charge in [-0.25, -0.2) is 14.4 Å². The van der Waals surface area contributed by atoms with Gasteiger partial charge in [0, 0.05) is 17.3 Å². The van der Waals surface area contributed by atoms with E-state index in [4.69, 9.17) is 9.40 Å². The fourth-order valence-electron chi connectivity index (χ4n) is 3.78. The molecule has 31 heavy (non-hydrogen) atoms. The van der Waals surface area contributed by atoms with Crippen molar-refractivity contribution in [3.05, 3.63) is 103 Å². The Morgan fingerprint density at radius 1 is 0.903 bits per heavy atom. The van der Waals surface area contributed by atoms with Crippen LogP contribution in [0.15, 0.2) is 95.7 Å². The van der Waals surface area contributed by atoms with Crippen molar-refractivity contribution in [2.24, 2.45) is 0 Å². The van der Waals surface area contributed by atoms with Crippen LogP contribution in [0.4, 0.5) is 10.3 Å². The number of anilines is 1. The Morgan fingerprint density at radius 2 is 1.71 bits per heavy atom. The van der Waals surface area contributed by atoms with E-state index in [9.17, 15) is 4.39 Å². The van der Waals surface area contributed by atoms with Gasteiger partial charge in [0.1, 0.15) is 11.6 Å². The predicted molar refractivity (Wildman–Crippen MR) is 120 cm³/mol. The zero-order valence-corrected chi connectivity index (χ0v) is 16.9. The second-order valence-electron chi connectivity index (χ2n) is 7.37. The molecule has 0 fully saturated rings. The number of rotatable bonds is 5. The molecular weight excluding hydrogens is 389 g/mol. The van der Waals surface area contributed by atoms with Crippen LogP contribution in [0.1, 0.15) is 18.5 Å². The molecule has 0 amide bonds. The van der Waals surface area contributed by atoms with Crippen LogP contribution in [0, 0.1) is 5.82 Å². The summed E-state index contributed by atoms with van der Waals surface area (Å²) in [5.74, 6) is 1.03. The molecule has 1 aliphatic heterocycles. The van der Waals surface area contributed by atoms with E-state index in [0.717, 1.165) is 39.3 Å². The molecule has 1 aliphatic carbocycles. The lowest BCUT2D eigenvalue weighted by Crippen LogP contribution is -2.09. The van der Waals surface area contributed by atoms with Crippen LogP contribution in [0.3, 0.4) is 0 Å². The highest BCUT2D eigenvalue weighted by Crippen LogP contribution is 2.43. The first kappa shape index (κ1) is 19.0. The number of hydrogen-bond donors (Lipinski definition) is 1. The van der Waals surface area contributed by atoms with Gasteiger partial charge in [-0.2, -0.15) is 0 Å². The lowest BCUT2D eigenvalue weighted by Gasteiger charge is -2.15. The maximum atomic E-state index is 13.5. The van der Waals surface area contributed by atoms with Crippen LogP contribution >= 0.6 is 0 Å². The summed E-state index contributed by atoms with van der Waals surface area (Å²) in [5.41, 5.74) is 5.64. The Hall–Kier alpha value is -3.99. The van der Waals surface area contributed by atoms with Gasteiger partial charge in [-0.05, 0) is 60.0 Å². The number of halogens is 1. The third-order valence-corrected chi connectivity index (χ3v) is 5.33. The van der Waals surface area contributed by atoms with Gasteiger partial charge in [0.25, 0.3) is 0 Å². The summed E-state index contributed by atoms with van der Waals surface area (Å²) in [4.78, 5) is 9.21. The van der Waals surface area contributed by atoms with Gasteiger partial charge in [-0.15, -0.1) is 0 Å². The van der Waals surface area contributed by atoms with Crippen molar-refractivity contribution >= 4 is 5.95 Å². The zero-order chi connectivity index (χ0) is 21.2. The Labute approximate surface area is 179 Å². The average molecular weight is 409 g/mol. The normalized spacial score (nSPS) is 12.1. The van der Waals surface area contributed by atoms with Crippen LogP contribution in [0.2, 0.25) is 0 Å². The topological polar surface area (TPSA) is 51.0 Å². The summed E-state index contributed by atoms with van der Waals surface area (Å²) in [6.45, 7) is 2.08. The number of nitrogens with one attached hydrogen (secondary N) is 1. The molecule has 0 bridgehead atoms. The van der Waals surface area contributed by atoms with E-state index in [2.05, 4.69) is 29.4 Å². The van der Waals surface area contributed by atoms with Crippen molar-refractivity contribution < 1.29 is 8.81 Å². The van der Waals surface area contributed by atoms with Gasteiger partial charge < -0.3 is 9.73 Å². The number of fused-ring (bicyclic) bond motifs is 1. The molecule has 152 valence electrons. The summed E-state index contributed by atoms with van der Waals surface area (Å²) in [6.07, 6.45) is 3.39. The van der Waals surface area contributed by atoms with E-state index in [1.54, 1.807) is 24.6 Å². The van der Waals surface area contributed by atoms with E-state index in [0.29, 0.717) is 5.95 Å². The molecule has 5 heteroatoms. The molecule has 1 atom stereocenters. The molecule has 2 aliphatic rings. The second-order valence-corrected chi connectivity index (χ2v) is 7.37. The van der Waals surface area contributed by atoms with Crippen LogP contribution in [0.5, 0.6) is 0 Å². The summed E-state index contributed by atoms with van der Waals surface area (Å²) < 4.78 is 19.2. The molecule has 0 saturated carbocycles. The largest absolute Gasteiger partial charge is 0.464 e. The smallest absolute Gasteiger partial charge is 0.223 e. The first-order valence-corrected chi connectivity index (χ1v) is 10.1. The average Bonchev–Trinajstić information content (AvgIpc) is 3.20. The second kappa shape index (κ2) is 8.03. The lowest BCUT2D eigenvalue weighted by molar-refractivity contribution is 0.567. The number of hydrogen-bond acceptors (Lipinski definition) is 4. The Bertz CT molecular complexity index is 1280. The zero-order valence-electron chi connectivity index (χ0n) is 16.9. The molecule has 2 aromatic carbocycles. The van der Waals surface area contributed by atoms with E-state index in [1.165, 1.54) is 12.1 Å². The van der Waals surface area contributed by atoms with Gasteiger partial charge >= 0.3 is 0 Å². The summed E-state index contributed by atoms with van der Waals surface area (Å²) >= 11 is 0. The fourth-order valence-corrected chi connectivity index (χ4v) is 3.78. The maximum Gasteiger partial charge on any atom is 0.223 e. The molecule has 1 N–H and O–H groups in total. The first-order chi connectivity index (χ1) is 15.2. The molecule has 1 aromatic heterocycles. The molecule has 0 saturated heterocycles. The van der Waals surface area contributed by atoms with Crippen LogP contribution in [-0.4, -0.2) is 9.97 Å². The molecular formula is C26H20FN3O. The van der Waals surface area contributed by atoms with E-state index >= 15 is 0 Å². The molecule has 2 heterocycles. The van der Waals surface area contributed by atoms with Gasteiger partial charge in [-0.1, -0.05) is 42.5 Å². The summed E-state index contributed by atoms with van der Waals surface area (Å²) in [7, 11) is 0. The van der Waals surface area contributed by atoms with E-state index in [1.807, 2.05) is 42.5 Å². The Morgan fingerprint density at radius 3 is 2.52 bits per heavy atom. The predicted octanol–water partition coefficient (Wildman–Crippen LogP) is 6.82. The van der Waals surface area contributed by atoms with Crippen LogP contribution in [-0.2, 0) is 0 Å². The highest BCUT2D eigenvalue weighted by Gasteiger charge is 2.22. The van der Waals surface area contributed by atoms with Crippen molar-refractivity contribution in [1.29, 1.82) is 0 Å². The molecule has 1 unspecified atom stereocenters. The van der Waals surface area contributed by atoms with Crippen LogP contribution in [0.25, 0.3) is 33.7 Å². The number of nitrogens with zero attached hydrogens (tertiary/aromatic N) is 2. The number of benzene rings is 2. The fraction of sp³-hybridized carbons (Fsp3) is 0.0769. The summed E-state index contributed by atoms with van der Waals surface area (Å²) in [5, 5.41) is 3.38. The van der Waals surface area contributed by atoms with Crippen molar-refractivity contribution in [2.75, 3.05) is 5.32 Å². The van der Waals surface area contributed by atoms with Gasteiger partial charge in [0.15, 0.2) is 0 Å². The van der Waals surface area contributed by atoms with Crippen molar-refractivity contribution in [3.8, 4) is 33.7 Å². The highest BCUT2D eigenvalue weighted by atomic mass is 19.1. The maximum absolute atomic E-state index is 13.5. The monoisotopic (exact) mass is 409 g/mol. The molecule has 3 aromatic rings. The SMILES string of the molecule is CC(Nc1nccc(-c2c(-c3ccc(F)cc3)cc3occcc2-3)n1)c1ccccc1. The minimum Gasteiger partial charge on any atom is -0.464 e. The standard InChI is InChI=1S/C26H20FN3O/c1-17(18-6-3-2-4-7-18)29-26-28-14-13-23(30-26)25-21-8-5-15-31-24(21)16-22(25)19-9-11-20(27)12-10-19/h2-17H,1H3,(H,28,29,30). The first-order valence-electron chi connectivity index (χ1n) is 10.1. The van der Waals surface area contributed by atoms with Gasteiger partial charge in [-0.3, -0.25) is 0 Å². The minimum absolute atomic E-state index is 0.0550. The third-order valence-electron chi connectivity index (χ3n) is 5.33. The Kier molecular flexibility index (Phi) is 4.92.